The first kappa shape index (κ1) is 15.2. The van der Waals surface area contributed by atoms with Crippen LogP contribution in [-0.2, 0) is 6.42 Å². The lowest BCUT2D eigenvalue weighted by atomic mass is 10.1. The van der Waals surface area contributed by atoms with E-state index in [4.69, 9.17) is 4.74 Å². The first-order valence-electron chi connectivity index (χ1n) is 7.66. The van der Waals surface area contributed by atoms with Gasteiger partial charge in [-0.15, -0.1) is 0 Å². The molecule has 0 atom stereocenters. The summed E-state index contributed by atoms with van der Waals surface area (Å²) >= 11 is 0. The average Bonchev–Trinajstić information content (AvgIpc) is 3.06. The average molecular weight is 336 g/mol. The molecule has 2 aromatic carbocycles. The molecule has 0 saturated heterocycles. The minimum absolute atomic E-state index is 0.0674. The lowest BCUT2D eigenvalue weighted by molar-refractivity contribution is 0.314. The van der Waals surface area contributed by atoms with Crippen molar-refractivity contribution in [3.05, 3.63) is 71.2 Å². The summed E-state index contributed by atoms with van der Waals surface area (Å²) in [6, 6.07) is 14.1. The van der Waals surface area contributed by atoms with E-state index in [1.807, 2.05) is 31.2 Å². The van der Waals surface area contributed by atoms with Crippen LogP contribution in [0.2, 0.25) is 0 Å². The molecule has 7 heteroatoms. The van der Waals surface area contributed by atoms with Gasteiger partial charge in [0.15, 0.2) is 11.6 Å². The number of aryl methyl sites for hydroxylation is 1. The van der Waals surface area contributed by atoms with Crippen molar-refractivity contribution >= 4 is 11.3 Å². The molecule has 0 aliphatic rings. The van der Waals surface area contributed by atoms with Gasteiger partial charge in [0.1, 0.15) is 5.69 Å². The number of hydrogen-bond acceptors (Lipinski definition) is 6. The monoisotopic (exact) mass is 336 g/mol. The first-order chi connectivity index (χ1) is 12.2. The summed E-state index contributed by atoms with van der Waals surface area (Å²) in [5, 5.41) is 7.38. The summed E-state index contributed by atoms with van der Waals surface area (Å²) in [7, 11) is 0. The number of aromatic nitrogens is 4. The van der Waals surface area contributed by atoms with E-state index in [9.17, 15) is 4.39 Å². The summed E-state index contributed by atoms with van der Waals surface area (Å²) in [6.45, 7) is 2.02. The second-order valence-electron chi connectivity index (χ2n) is 5.58. The molecule has 0 aliphatic heterocycles. The SMILES string of the molecule is Cc1ccc(Cc2nc3nonc3nc2Oc2ccccc2F)cc1. The number of hydrogen-bond donors (Lipinski definition) is 0. The highest BCUT2D eigenvalue weighted by atomic mass is 19.1. The smallest absolute Gasteiger partial charge is 0.246 e. The molecule has 0 spiro atoms. The zero-order chi connectivity index (χ0) is 17.2. The topological polar surface area (TPSA) is 73.9 Å². The Morgan fingerprint density at radius 2 is 1.68 bits per heavy atom. The van der Waals surface area contributed by atoms with Crippen molar-refractivity contribution in [2.75, 3.05) is 0 Å². The van der Waals surface area contributed by atoms with Crippen LogP contribution in [0.4, 0.5) is 4.39 Å². The second kappa shape index (κ2) is 6.27. The fourth-order valence-corrected chi connectivity index (χ4v) is 2.38. The molecule has 0 fully saturated rings. The van der Waals surface area contributed by atoms with E-state index in [0.717, 1.165) is 11.1 Å². The van der Waals surface area contributed by atoms with Crippen LogP contribution >= 0.6 is 0 Å². The Bertz CT molecular complexity index is 1030. The van der Waals surface area contributed by atoms with Crippen molar-refractivity contribution in [2.45, 2.75) is 13.3 Å². The van der Waals surface area contributed by atoms with Gasteiger partial charge < -0.3 is 4.74 Å². The maximum Gasteiger partial charge on any atom is 0.246 e. The Kier molecular flexibility index (Phi) is 3.81. The molecule has 0 bridgehead atoms. The summed E-state index contributed by atoms with van der Waals surface area (Å²) in [6.07, 6.45) is 0.458. The Hall–Kier alpha value is -3.35. The van der Waals surface area contributed by atoms with Crippen molar-refractivity contribution in [3.63, 3.8) is 0 Å². The van der Waals surface area contributed by atoms with Crippen LogP contribution in [-0.4, -0.2) is 20.3 Å². The maximum atomic E-state index is 13.9. The minimum Gasteiger partial charge on any atom is -0.434 e. The standard InChI is InChI=1S/C18H13FN4O2/c1-11-6-8-12(9-7-11)10-14-18(21-17-16(20-14)22-25-23-17)24-15-5-3-2-4-13(15)19/h2-9H,10H2,1H3. The lowest BCUT2D eigenvalue weighted by Crippen LogP contribution is -2.01. The summed E-state index contributed by atoms with van der Waals surface area (Å²) in [4.78, 5) is 8.67. The van der Waals surface area contributed by atoms with Crippen molar-refractivity contribution in [1.82, 2.24) is 20.3 Å². The zero-order valence-corrected chi connectivity index (χ0v) is 13.3. The molecule has 124 valence electrons. The number of ether oxygens (including phenoxy) is 1. The number of nitrogens with zero attached hydrogens (tertiary/aromatic N) is 4. The van der Waals surface area contributed by atoms with Crippen molar-refractivity contribution in [1.29, 1.82) is 0 Å². The quantitative estimate of drug-likeness (QED) is 0.564. The fourth-order valence-electron chi connectivity index (χ4n) is 2.38. The van der Waals surface area contributed by atoms with Gasteiger partial charge >= 0.3 is 0 Å². The van der Waals surface area contributed by atoms with Crippen LogP contribution in [0, 0.1) is 12.7 Å². The van der Waals surface area contributed by atoms with Crippen molar-refractivity contribution < 1.29 is 13.8 Å². The molecule has 0 saturated carbocycles. The largest absolute Gasteiger partial charge is 0.434 e. The van der Waals surface area contributed by atoms with Gasteiger partial charge in [0.2, 0.25) is 17.2 Å². The van der Waals surface area contributed by atoms with Gasteiger partial charge in [-0.1, -0.05) is 42.0 Å². The fraction of sp³-hybridized carbons (Fsp3) is 0.111. The van der Waals surface area contributed by atoms with Gasteiger partial charge in [-0.2, -0.15) is 4.98 Å². The third-order valence-electron chi connectivity index (χ3n) is 3.69. The Labute approximate surface area is 142 Å². The van der Waals surface area contributed by atoms with Crippen molar-refractivity contribution in [2.24, 2.45) is 0 Å². The van der Waals surface area contributed by atoms with E-state index < -0.39 is 5.82 Å². The van der Waals surface area contributed by atoms with Crippen LogP contribution in [0.3, 0.4) is 0 Å². The highest BCUT2D eigenvalue weighted by Gasteiger charge is 2.16. The number of rotatable bonds is 4. The number of halogens is 1. The predicted octanol–water partition coefficient (Wildman–Crippen LogP) is 3.84. The molecule has 0 aliphatic carbocycles. The van der Waals surface area contributed by atoms with E-state index in [1.54, 1.807) is 12.1 Å². The molecular weight excluding hydrogens is 323 g/mol. The van der Waals surface area contributed by atoms with Crippen LogP contribution in [0.1, 0.15) is 16.8 Å². The molecule has 2 aromatic heterocycles. The lowest BCUT2D eigenvalue weighted by Gasteiger charge is -2.09. The Balaban J connectivity index is 1.75. The number of benzene rings is 2. The minimum atomic E-state index is -0.482. The van der Waals surface area contributed by atoms with Gasteiger partial charge in [0, 0.05) is 6.42 Å². The van der Waals surface area contributed by atoms with Crippen molar-refractivity contribution in [3.8, 4) is 11.6 Å². The van der Waals surface area contributed by atoms with E-state index in [1.165, 1.54) is 12.1 Å². The molecular formula is C18H13FN4O2. The number of fused-ring (bicyclic) bond motifs is 1. The molecule has 0 radical (unpaired) electrons. The predicted molar refractivity (Wildman–Crippen MR) is 87.9 cm³/mol. The van der Waals surface area contributed by atoms with Crippen LogP contribution in [0.15, 0.2) is 53.2 Å². The van der Waals surface area contributed by atoms with E-state index >= 15 is 0 Å². The van der Waals surface area contributed by atoms with Gasteiger partial charge in [0.25, 0.3) is 0 Å². The van der Waals surface area contributed by atoms with Gasteiger partial charge in [-0.05, 0) is 34.9 Å². The van der Waals surface area contributed by atoms with E-state index in [-0.39, 0.29) is 22.9 Å². The third-order valence-corrected chi connectivity index (χ3v) is 3.69. The van der Waals surface area contributed by atoms with Crippen LogP contribution in [0.5, 0.6) is 11.6 Å². The summed E-state index contributed by atoms with van der Waals surface area (Å²) in [5.41, 5.74) is 3.19. The second-order valence-corrected chi connectivity index (χ2v) is 5.58. The van der Waals surface area contributed by atoms with Gasteiger partial charge in [-0.3, -0.25) is 0 Å². The van der Waals surface area contributed by atoms with Gasteiger partial charge in [-0.25, -0.2) is 14.0 Å². The molecule has 4 aromatic rings. The molecule has 0 N–H and O–H groups in total. The Morgan fingerprint density at radius 1 is 0.960 bits per heavy atom. The molecule has 6 nitrogen and oxygen atoms in total. The normalized spacial score (nSPS) is 11.0. The van der Waals surface area contributed by atoms with Gasteiger partial charge in [0.05, 0.1) is 0 Å². The molecule has 25 heavy (non-hydrogen) atoms. The molecule has 0 unspecified atom stereocenters. The zero-order valence-electron chi connectivity index (χ0n) is 13.3. The third kappa shape index (κ3) is 3.16. The first-order valence-corrected chi connectivity index (χ1v) is 7.66. The molecule has 4 rings (SSSR count). The molecule has 2 heterocycles. The summed E-state index contributed by atoms with van der Waals surface area (Å²) in [5.74, 6) is -0.240. The Morgan fingerprint density at radius 3 is 2.44 bits per heavy atom. The van der Waals surface area contributed by atoms with Crippen LogP contribution in [0.25, 0.3) is 11.3 Å². The highest BCUT2D eigenvalue weighted by Crippen LogP contribution is 2.27. The highest BCUT2D eigenvalue weighted by molar-refractivity contribution is 5.64. The van der Waals surface area contributed by atoms with Crippen LogP contribution < -0.4 is 4.74 Å². The van der Waals surface area contributed by atoms with E-state index in [2.05, 4.69) is 24.9 Å². The number of para-hydroxylation sites is 1. The summed E-state index contributed by atoms with van der Waals surface area (Å²) < 4.78 is 24.2. The molecule has 0 amide bonds. The van der Waals surface area contributed by atoms with E-state index in [0.29, 0.717) is 12.1 Å². The maximum absolute atomic E-state index is 13.9.